The van der Waals surface area contributed by atoms with Gasteiger partial charge in [-0.3, -0.25) is 4.79 Å². The molecule has 3 heteroatoms. The Hall–Kier alpha value is -1.09. The van der Waals surface area contributed by atoms with Crippen LogP contribution in [0.1, 0.15) is 11.1 Å². The van der Waals surface area contributed by atoms with E-state index >= 15 is 0 Å². The molecule has 0 unspecified atom stereocenters. The summed E-state index contributed by atoms with van der Waals surface area (Å²) in [7, 11) is 1.81. The van der Waals surface area contributed by atoms with E-state index in [1.807, 2.05) is 30.3 Å². The van der Waals surface area contributed by atoms with Crippen molar-refractivity contribution in [2.24, 2.45) is 0 Å². The molecule has 0 radical (unpaired) electrons. The van der Waals surface area contributed by atoms with E-state index in [4.69, 9.17) is 0 Å². The smallest absolute Gasteiger partial charge is 0.260 e. The van der Waals surface area contributed by atoms with Gasteiger partial charge in [0.15, 0.2) is 0 Å². The van der Waals surface area contributed by atoms with Crippen molar-refractivity contribution < 1.29 is 4.79 Å². The van der Waals surface area contributed by atoms with Gasteiger partial charge in [0.25, 0.3) is 5.91 Å². The van der Waals surface area contributed by atoms with Crippen molar-refractivity contribution in [3.05, 3.63) is 39.9 Å². The molecule has 0 bridgehead atoms. The molecule has 1 aliphatic heterocycles. The first kappa shape index (κ1) is 9.46. The van der Waals surface area contributed by atoms with Crippen LogP contribution >= 0.6 is 15.9 Å². The van der Waals surface area contributed by atoms with Crippen molar-refractivity contribution in [3.8, 4) is 0 Å². The summed E-state index contributed by atoms with van der Waals surface area (Å²) in [5.74, 6) is 0.0289. The van der Waals surface area contributed by atoms with Gasteiger partial charge >= 0.3 is 0 Å². The van der Waals surface area contributed by atoms with Gasteiger partial charge in [0.05, 0.1) is 4.48 Å². The van der Waals surface area contributed by atoms with Crippen molar-refractivity contribution >= 4 is 27.9 Å². The van der Waals surface area contributed by atoms with E-state index in [-0.39, 0.29) is 5.91 Å². The molecule has 0 spiro atoms. The molecule has 0 aliphatic carbocycles. The van der Waals surface area contributed by atoms with Crippen LogP contribution in [0.15, 0.2) is 28.7 Å². The summed E-state index contributed by atoms with van der Waals surface area (Å²) in [6.07, 6.45) is 1.88. The molecule has 2 rings (SSSR count). The molecule has 72 valence electrons. The predicted octanol–water partition coefficient (Wildman–Crippen LogP) is 2.39. The van der Waals surface area contributed by atoms with Crippen molar-refractivity contribution in [2.75, 3.05) is 7.05 Å². The third kappa shape index (κ3) is 1.60. The van der Waals surface area contributed by atoms with Gasteiger partial charge in [-0.1, -0.05) is 24.3 Å². The van der Waals surface area contributed by atoms with Gasteiger partial charge in [0.1, 0.15) is 0 Å². The number of benzene rings is 1. The number of fused-ring (bicyclic) bond motifs is 1. The Kier molecular flexibility index (Phi) is 2.42. The summed E-state index contributed by atoms with van der Waals surface area (Å²) >= 11 is 3.28. The van der Waals surface area contributed by atoms with Gasteiger partial charge in [-0.15, -0.1) is 0 Å². The zero-order valence-corrected chi connectivity index (χ0v) is 9.41. The van der Waals surface area contributed by atoms with E-state index < -0.39 is 0 Å². The maximum Gasteiger partial charge on any atom is 0.260 e. The molecule has 14 heavy (non-hydrogen) atoms. The second-order valence-corrected chi connectivity index (χ2v) is 4.21. The topological polar surface area (TPSA) is 20.3 Å². The average Bonchev–Trinajstić information content (AvgIpc) is 2.28. The minimum atomic E-state index is 0.0289. The first-order chi connectivity index (χ1) is 6.68. The molecule has 2 nitrogen and oxygen atoms in total. The first-order valence-corrected chi connectivity index (χ1v) is 5.18. The molecular formula is C11H10BrNO. The van der Waals surface area contributed by atoms with E-state index in [9.17, 15) is 4.79 Å². The highest BCUT2D eigenvalue weighted by Crippen LogP contribution is 2.23. The summed E-state index contributed by atoms with van der Waals surface area (Å²) in [5.41, 5.74) is 2.29. The molecule has 0 saturated heterocycles. The van der Waals surface area contributed by atoms with Gasteiger partial charge < -0.3 is 4.90 Å². The molecular weight excluding hydrogens is 242 g/mol. The predicted molar refractivity (Wildman–Crippen MR) is 59.8 cm³/mol. The molecule has 1 aliphatic rings. The average molecular weight is 252 g/mol. The SMILES string of the molecule is CN1Cc2ccccc2C=C(Br)C1=O. The lowest BCUT2D eigenvalue weighted by atomic mass is 10.1. The van der Waals surface area contributed by atoms with E-state index in [0.29, 0.717) is 11.0 Å². The Morgan fingerprint density at radius 3 is 2.86 bits per heavy atom. The van der Waals surface area contributed by atoms with Gasteiger partial charge in [-0.25, -0.2) is 0 Å². The van der Waals surface area contributed by atoms with Crippen LogP contribution in [0.3, 0.4) is 0 Å². The first-order valence-electron chi connectivity index (χ1n) is 4.39. The highest BCUT2D eigenvalue weighted by Gasteiger charge is 2.17. The molecule has 1 aromatic carbocycles. The highest BCUT2D eigenvalue weighted by molar-refractivity contribution is 9.12. The van der Waals surface area contributed by atoms with Crippen molar-refractivity contribution in [2.45, 2.75) is 6.54 Å². The standard InChI is InChI=1S/C11H10BrNO/c1-13-7-9-5-3-2-4-8(9)6-10(12)11(13)14/h2-6H,7H2,1H3. The minimum absolute atomic E-state index is 0.0289. The minimum Gasteiger partial charge on any atom is -0.337 e. The Bertz CT molecular complexity index is 412. The van der Waals surface area contributed by atoms with Gasteiger partial charge in [0, 0.05) is 13.6 Å². The number of amides is 1. The lowest BCUT2D eigenvalue weighted by Gasteiger charge is -2.14. The van der Waals surface area contributed by atoms with E-state index in [0.717, 1.165) is 5.56 Å². The van der Waals surface area contributed by atoms with Crippen LogP contribution < -0.4 is 0 Å². The zero-order valence-electron chi connectivity index (χ0n) is 7.83. The normalized spacial score (nSPS) is 16.0. The van der Waals surface area contributed by atoms with E-state index in [1.54, 1.807) is 11.9 Å². The molecule has 0 N–H and O–H groups in total. The fraction of sp³-hybridized carbons (Fsp3) is 0.182. The largest absolute Gasteiger partial charge is 0.337 e. The van der Waals surface area contributed by atoms with Gasteiger partial charge in [-0.05, 0) is 33.1 Å². The fourth-order valence-corrected chi connectivity index (χ4v) is 2.08. The molecule has 0 aromatic heterocycles. The van der Waals surface area contributed by atoms with Crippen LogP contribution in [0.4, 0.5) is 0 Å². The molecule has 0 atom stereocenters. The zero-order chi connectivity index (χ0) is 10.1. The molecule has 0 fully saturated rings. The van der Waals surface area contributed by atoms with Crippen LogP contribution in [0.25, 0.3) is 6.08 Å². The highest BCUT2D eigenvalue weighted by atomic mass is 79.9. The second kappa shape index (κ2) is 3.58. The lowest BCUT2D eigenvalue weighted by molar-refractivity contribution is -0.125. The second-order valence-electron chi connectivity index (χ2n) is 3.35. The number of carbonyl (C=O) groups excluding carboxylic acids is 1. The third-order valence-corrected chi connectivity index (χ3v) is 2.86. The summed E-state index contributed by atoms with van der Waals surface area (Å²) in [5, 5.41) is 0. The number of rotatable bonds is 0. The molecule has 1 heterocycles. The number of carbonyl (C=O) groups is 1. The third-order valence-electron chi connectivity index (χ3n) is 2.30. The van der Waals surface area contributed by atoms with E-state index in [1.165, 1.54) is 5.56 Å². The van der Waals surface area contributed by atoms with Crippen LogP contribution in [-0.4, -0.2) is 17.9 Å². The Balaban J connectivity index is 2.53. The fourth-order valence-electron chi connectivity index (χ4n) is 1.53. The molecule has 1 aromatic rings. The summed E-state index contributed by atoms with van der Waals surface area (Å²) < 4.78 is 0.616. The summed E-state index contributed by atoms with van der Waals surface area (Å²) in [6, 6.07) is 8.03. The lowest BCUT2D eigenvalue weighted by Crippen LogP contribution is -2.24. The van der Waals surface area contributed by atoms with Crippen LogP contribution in [0.2, 0.25) is 0 Å². The maximum atomic E-state index is 11.6. The Morgan fingerprint density at radius 2 is 2.07 bits per heavy atom. The monoisotopic (exact) mass is 251 g/mol. The number of nitrogens with zero attached hydrogens (tertiary/aromatic N) is 1. The van der Waals surface area contributed by atoms with Gasteiger partial charge in [0.2, 0.25) is 0 Å². The molecule has 1 amide bonds. The van der Waals surface area contributed by atoms with Crippen LogP contribution in [0.5, 0.6) is 0 Å². The number of halogens is 1. The number of likely N-dealkylation sites (N-methyl/N-ethyl adjacent to an activating group) is 1. The quantitative estimate of drug-likeness (QED) is 0.694. The number of hydrogen-bond donors (Lipinski definition) is 0. The summed E-state index contributed by atoms with van der Waals surface area (Å²) in [4.78, 5) is 13.3. The van der Waals surface area contributed by atoms with Crippen molar-refractivity contribution in [3.63, 3.8) is 0 Å². The Labute approximate surface area is 91.3 Å². The number of hydrogen-bond acceptors (Lipinski definition) is 1. The molecule has 0 saturated carbocycles. The van der Waals surface area contributed by atoms with Crippen LogP contribution in [-0.2, 0) is 11.3 Å². The van der Waals surface area contributed by atoms with Crippen LogP contribution in [0, 0.1) is 0 Å². The van der Waals surface area contributed by atoms with Gasteiger partial charge in [-0.2, -0.15) is 0 Å². The Morgan fingerprint density at radius 1 is 1.36 bits per heavy atom. The van der Waals surface area contributed by atoms with Crippen molar-refractivity contribution in [1.82, 2.24) is 4.90 Å². The van der Waals surface area contributed by atoms with Crippen molar-refractivity contribution in [1.29, 1.82) is 0 Å². The van der Waals surface area contributed by atoms with E-state index in [2.05, 4.69) is 15.9 Å². The summed E-state index contributed by atoms with van der Waals surface area (Å²) in [6.45, 7) is 0.667. The maximum absolute atomic E-state index is 11.6.